The normalized spacial score (nSPS) is 15.4. The number of hydrogen-bond acceptors (Lipinski definition) is 4. The van der Waals surface area contributed by atoms with Crippen molar-refractivity contribution in [2.75, 3.05) is 18.0 Å². The summed E-state index contributed by atoms with van der Waals surface area (Å²) in [6.45, 7) is 3.52. The molecule has 0 radical (unpaired) electrons. The number of aromatic nitrogens is 2. The molecule has 1 aromatic heterocycles. The number of imidazole rings is 1. The average Bonchev–Trinajstić information content (AvgIpc) is 3.06. The minimum Gasteiger partial charge on any atom is -0.369 e. The Labute approximate surface area is 156 Å². The zero-order valence-electron chi connectivity index (χ0n) is 15.1. The smallest absolute Gasteiger partial charge is 0.272 e. The summed E-state index contributed by atoms with van der Waals surface area (Å²) in [5, 5.41) is 10.8. The van der Waals surface area contributed by atoms with Crippen LogP contribution in [-0.4, -0.2) is 27.6 Å². The predicted molar refractivity (Wildman–Crippen MR) is 103 cm³/mol. The lowest BCUT2D eigenvalue weighted by atomic mass is 10.0. The van der Waals surface area contributed by atoms with Crippen LogP contribution in [0.25, 0.3) is 11.0 Å². The second kappa shape index (κ2) is 6.98. The molecular weight excluding hydrogens is 347 g/mol. The summed E-state index contributed by atoms with van der Waals surface area (Å²) in [4.78, 5) is 16.9. The molecule has 0 aliphatic carbocycles. The van der Waals surface area contributed by atoms with Gasteiger partial charge in [0.1, 0.15) is 5.82 Å². The van der Waals surface area contributed by atoms with E-state index in [0.29, 0.717) is 24.8 Å². The van der Waals surface area contributed by atoms with Crippen molar-refractivity contribution in [1.82, 2.24) is 9.55 Å². The highest BCUT2D eigenvalue weighted by molar-refractivity contribution is 5.76. The molecule has 0 unspecified atom stereocenters. The van der Waals surface area contributed by atoms with Crippen molar-refractivity contribution in [3.05, 3.63) is 64.2 Å². The van der Waals surface area contributed by atoms with Gasteiger partial charge >= 0.3 is 0 Å². The lowest BCUT2D eigenvalue weighted by Crippen LogP contribution is -2.35. The van der Waals surface area contributed by atoms with Gasteiger partial charge in [0.2, 0.25) is 0 Å². The fourth-order valence-electron chi connectivity index (χ4n) is 3.98. The van der Waals surface area contributed by atoms with Crippen LogP contribution in [0.3, 0.4) is 0 Å². The lowest BCUT2D eigenvalue weighted by molar-refractivity contribution is -0.385. The van der Waals surface area contributed by atoms with Crippen molar-refractivity contribution < 1.29 is 9.31 Å². The minimum absolute atomic E-state index is 0.219. The average molecular weight is 368 g/mol. The zero-order valence-corrected chi connectivity index (χ0v) is 15.1. The molecule has 0 spiro atoms. The first-order chi connectivity index (χ1) is 13.1. The Morgan fingerprint density at radius 3 is 2.63 bits per heavy atom. The van der Waals surface area contributed by atoms with Crippen molar-refractivity contribution in [2.24, 2.45) is 0 Å². The van der Waals surface area contributed by atoms with Gasteiger partial charge in [0, 0.05) is 31.6 Å². The molecule has 4 rings (SSSR count). The molecule has 1 fully saturated rings. The maximum atomic E-state index is 14.3. The Bertz CT molecular complexity index is 993. The van der Waals surface area contributed by atoms with Gasteiger partial charge in [-0.05, 0) is 31.0 Å². The molecule has 1 aliphatic heterocycles. The number of hydrogen-bond donors (Lipinski definition) is 0. The first-order valence-corrected chi connectivity index (χ1v) is 9.23. The van der Waals surface area contributed by atoms with Crippen LogP contribution in [0.4, 0.5) is 15.8 Å². The number of nitrogens with zero attached hydrogens (tertiary/aromatic N) is 4. The SMILES string of the molecule is CCc1nc2ccccc2n1C1CCN(c2ccc([N+](=O)[O-])cc2F)CC1. The fourth-order valence-corrected chi connectivity index (χ4v) is 3.98. The van der Waals surface area contributed by atoms with E-state index in [4.69, 9.17) is 4.98 Å². The molecule has 7 heteroatoms. The monoisotopic (exact) mass is 368 g/mol. The predicted octanol–water partition coefficient (Wildman–Crippen LogP) is 4.49. The summed E-state index contributed by atoms with van der Waals surface area (Å²) in [5.74, 6) is 0.543. The molecule has 6 nitrogen and oxygen atoms in total. The number of non-ortho nitro benzene ring substituents is 1. The Morgan fingerprint density at radius 1 is 1.22 bits per heavy atom. The summed E-state index contributed by atoms with van der Waals surface area (Å²) < 4.78 is 16.7. The quantitative estimate of drug-likeness (QED) is 0.503. The number of aryl methyl sites for hydroxylation is 1. The van der Waals surface area contributed by atoms with Gasteiger partial charge in [0.15, 0.2) is 5.82 Å². The molecule has 0 amide bonds. The third kappa shape index (κ3) is 3.13. The molecule has 0 atom stereocenters. The van der Waals surface area contributed by atoms with E-state index >= 15 is 0 Å². The second-order valence-corrected chi connectivity index (χ2v) is 6.85. The number of rotatable bonds is 4. The molecule has 140 valence electrons. The largest absolute Gasteiger partial charge is 0.369 e. The van der Waals surface area contributed by atoms with E-state index in [-0.39, 0.29) is 5.69 Å². The summed E-state index contributed by atoms with van der Waals surface area (Å²) in [7, 11) is 0. The Hall–Kier alpha value is -2.96. The van der Waals surface area contributed by atoms with Crippen LogP contribution >= 0.6 is 0 Å². The van der Waals surface area contributed by atoms with Gasteiger partial charge in [-0.25, -0.2) is 9.37 Å². The number of nitro groups is 1. The molecular formula is C20H21FN4O2. The molecule has 3 aromatic rings. The number of para-hydroxylation sites is 2. The zero-order chi connectivity index (χ0) is 19.0. The van der Waals surface area contributed by atoms with E-state index < -0.39 is 10.7 Å². The molecule has 0 N–H and O–H groups in total. The standard InChI is InChI=1S/C20H21FN4O2/c1-2-20-22-17-5-3-4-6-19(17)24(20)14-9-11-23(12-10-14)18-8-7-15(25(26)27)13-16(18)21/h3-8,13-14H,2,9-12H2,1H3. The van der Waals surface area contributed by atoms with Gasteiger partial charge in [-0.3, -0.25) is 10.1 Å². The first kappa shape index (κ1) is 17.5. The van der Waals surface area contributed by atoms with Crippen molar-refractivity contribution in [3.63, 3.8) is 0 Å². The Kier molecular flexibility index (Phi) is 4.51. The second-order valence-electron chi connectivity index (χ2n) is 6.85. The van der Waals surface area contributed by atoms with Crippen LogP contribution < -0.4 is 4.90 Å². The van der Waals surface area contributed by atoms with Crippen molar-refractivity contribution >= 4 is 22.4 Å². The van der Waals surface area contributed by atoms with E-state index in [0.717, 1.165) is 42.2 Å². The van der Waals surface area contributed by atoms with Crippen LogP contribution in [0.5, 0.6) is 0 Å². The summed E-state index contributed by atoms with van der Waals surface area (Å²) >= 11 is 0. The van der Waals surface area contributed by atoms with Crippen LogP contribution in [0, 0.1) is 15.9 Å². The maximum absolute atomic E-state index is 14.3. The maximum Gasteiger partial charge on any atom is 0.272 e. The van der Waals surface area contributed by atoms with E-state index in [2.05, 4.69) is 17.6 Å². The summed E-state index contributed by atoms with van der Waals surface area (Å²) in [6.07, 6.45) is 2.62. The minimum atomic E-state index is -0.574. The van der Waals surface area contributed by atoms with Crippen molar-refractivity contribution in [3.8, 4) is 0 Å². The van der Waals surface area contributed by atoms with Gasteiger partial charge in [-0.1, -0.05) is 19.1 Å². The number of fused-ring (bicyclic) bond motifs is 1. The van der Waals surface area contributed by atoms with E-state index in [1.54, 1.807) is 0 Å². The fraction of sp³-hybridized carbons (Fsp3) is 0.350. The highest BCUT2D eigenvalue weighted by Crippen LogP contribution is 2.32. The molecule has 0 saturated carbocycles. The van der Waals surface area contributed by atoms with Crippen LogP contribution in [0.1, 0.15) is 31.6 Å². The number of nitro benzene ring substituents is 1. The van der Waals surface area contributed by atoms with Crippen LogP contribution in [0.2, 0.25) is 0 Å². The first-order valence-electron chi connectivity index (χ1n) is 9.23. The summed E-state index contributed by atoms with van der Waals surface area (Å²) in [5.41, 5.74) is 2.38. The topological polar surface area (TPSA) is 64.2 Å². The Balaban J connectivity index is 1.56. The summed E-state index contributed by atoms with van der Waals surface area (Å²) in [6, 6.07) is 12.4. The van der Waals surface area contributed by atoms with Crippen molar-refractivity contribution in [2.45, 2.75) is 32.2 Å². The van der Waals surface area contributed by atoms with Gasteiger partial charge in [0.05, 0.1) is 27.7 Å². The lowest BCUT2D eigenvalue weighted by Gasteiger charge is -2.35. The van der Waals surface area contributed by atoms with E-state index in [1.807, 2.05) is 23.1 Å². The number of anilines is 1. The molecule has 2 aromatic carbocycles. The molecule has 2 heterocycles. The van der Waals surface area contributed by atoms with Crippen molar-refractivity contribution in [1.29, 1.82) is 0 Å². The van der Waals surface area contributed by atoms with E-state index in [9.17, 15) is 14.5 Å². The molecule has 0 bridgehead atoms. The van der Waals surface area contributed by atoms with Gasteiger partial charge in [-0.2, -0.15) is 0 Å². The molecule has 1 aliphatic rings. The van der Waals surface area contributed by atoms with Gasteiger partial charge in [-0.15, -0.1) is 0 Å². The number of piperidine rings is 1. The highest BCUT2D eigenvalue weighted by atomic mass is 19.1. The highest BCUT2D eigenvalue weighted by Gasteiger charge is 2.26. The van der Waals surface area contributed by atoms with E-state index in [1.165, 1.54) is 12.1 Å². The Morgan fingerprint density at radius 2 is 1.96 bits per heavy atom. The third-order valence-corrected chi connectivity index (χ3v) is 5.30. The number of benzene rings is 2. The van der Waals surface area contributed by atoms with Gasteiger partial charge in [0.25, 0.3) is 5.69 Å². The van der Waals surface area contributed by atoms with Crippen LogP contribution in [0.15, 0.2) is 42.5 Å². The third-order valence-electron chi connectivity index (χ3n) is 5.30. The van der Waals surface area contributed by atoms with Gasteiger partial charge < -0.3 is 9.47 Å². The number of halogens is 1. The molecule has 1 saturated heterocycles. The molecule has 27 heavy (non-hydrogen) atoms. The van der Waals surface area contributed by atoms with Crippen LogP contribution in [-0.2, 0) is 6.42 Å².